The Bertz CT molecular complexity index is 811. The average Bonchev–Trinajstić information content (AvgIpc) is 3.47. The van der Waals surface area contributed by atoms with Crippen molar-refractivity contribution >= 4 is 5.78 Å². The molecule has 0 aliphatic rings. The molecule has 0 saturated carbocycles. The zero-order valence-electron chi connectivity index (χ0n) is 25.1. The SMILES string of the molecule is CCCCCCCCCCCCCCCC(=O)C(CCCCC)c1ccc(C(CCC)n2ccnc2)cc1. The molecular weight excluding hydrogens is 464 g/mol. The molecule has 2 atom stereocenters. The van der Waals surface area contributed by atoms with E-state index in [2.05, 4.69) is 60.8 Å². The van der Waals surface area contributed by atoms with Gasteiger partial charge in [0.15, 0.2) is 0 Å². The molecule has 0 spiro atoms. The maximum absolute atomic E-state index is 13.3. The Morgan fingerprint density at radius 1 is 0.658 bits per heavy atom. The molecule has 0 N–H and O–H groups in total. The fourth-order valence-electron chi connectivity index (χ4n) is 5.77. The summed E-state index contributed by atoms with van der Waals surface area (Å²) in [5, 5.41) is 0. The highest BCUT2D eigenvalue weighted by Crippen LogP contribution is 2.29. The average molecular weight is 523 g/mol. The van der Waals surface area contributed by atoms with E-state index in [1.165, 1.54) is 101 Å². The minimum atomic E-state index is 0.0609. The van der Waals surface area contributed by atoms with Gasteiger partial charge in [0.05, 0.1) is 12.4 Å². The number of ketones is 1. The van der Waals surface area contributed by atoms with E-state index in [-0.39, 0.29) is 5.92 Å². The number of hydrogen-bond donors (Lipinski definition) is 0. The Morgan fingerprint density at radius 2 is 1.18 bits per heavy atom. The Labute approximate surface area is 235 Å². The molecule has 0 amide bonds. The Hall–Kier alpha value is -1.90. The minimum Gasteiger partial charge on any atom is -0.330 e. The lowest BCUT2D eigenvalue weighted by Gasteiger charge is -2.21. The maximum Gasteiger partial charge on any atom is 0.140 e. The van der Waals surface area contributed by atoms with E-state index >= 15 is 0 Å². The summed E-state index contributed by atoms with van der Waals surface area (Å²) in [4.78, 5) is 17.6. The number of benzene rings is 1. The van der Waals surface area contributed by atoms with E-state index in [4.69, 9.17) is 0 Å². The molecule has 1 heterocycles. The lowest BCUT2D eigenvalue weighted by molar-refractivity contribution is -0.120. The first-order valence-electron chi connectivity index (χ1n) is 16.3. The van der Waals surface area contributed by atoms with Gasteiger partial charge in [0.2, 0.25) is 0 Å². The van der Waals surface area contributed by atoms with Gasteiger partial charge in [0, 0.05) is 24.7 Å². The van der Waals surface area contributed by atoms with Crippen LogP contribution < -0.4 is 0 Å². The van der Waals surface area contributed by atoms with Crippen LogP contribution in [0.4, 0.5) is 0 Å². The van der Waals surface area contributed by atoms with Crippen molar-refractivity contribution in [2.45, 2.75) is 161 Å². The fourth-order valence-corrected chi connectivity index (χ4v) is 5.77. The molecule has 2 rings (SSSR count). The standard InChI is InChI=1S/C35H58N2O/c1-4-7-9-10-11-12-13-14-15-16-17-18-20-23-35(38)33(22-19-8-5-2)31-24-26-32(27-25-31)34(21-6-3)37-29-28-36-30-37/h24-30,33-34H,4-23H2,1-3H3. The summed E-state index contributed by atoms with van der Waals surface area (Å²) in [5.74, 6) is 0.516. The monoisotopic (exact) mass is 522 g/mol. The van der Waals surface area contributed by atoms with Gasteiger partial charge in [-0.15, -0.1) is 0 Å². The van der Waals surface area contributed by atoms with Crippen LogP contribution in [-0.4, -0.2) is 15.3 Å². The number of nitrogens with zero attached hydrogens (tertiary/aromatic N) is 2. The van der Waals surface area contributed by atoms with Crippen LogP contribution in [0.5, 0.6) is 0 Å². The zero-order valence-corrected chi connectivity index (χ0v) is 25.1. The maximum atomic E-state index is 13.3. The summed E-state index contributed by atoms with van der Waals surface area (Å²) >= 11 is 0. The van der Waals surface area contributed by atoms with Gasteiger partial charge in [-0.1, -0.05) is 148 Å². The van der Waals surface area contributed by atoms with Gasteiger partial charge < -0.3 is 4.57 Å². The number of unbranched alkanes of at least 4 members (excludes halogenated alkanes) is 14. The van der Waals surface area contributed by atoms with E-state index in [9.17, 15) is 4.79 Å². The summed E-state index contributed by atoms with van der Waals surface area (Å²) in [6.45, 7) is 6.76. The van der Waals surface area contributed by atoms with Crippen molar-refractivity contribution in [2.24, 2.45) is 0 Å². The quantitative estimate of drug-likeness (QED) is 0.128. The molecule has 2 unspecified atom stereocenters. The van der Waals surface area contributed by atoms with E-state index in [0.29, 0.717) is 11.8 Å². The van der Waals surface area contributed by atoms with E-state index in [0.717, 1.165) is 38.5 Å². The summed E-state index contributed by atoms with van der Waals surface area (Å²) in [7, 11) is 0. The highest BCUT2D eigenvalue weighted by molar-refractivity contribution is 5.85. The van der Waals surface area contributed by atoms with Crippen LogP contribution >= 0.6 is 0 Å². The van der Waals surface area contributed by atoms with Crippen molar-refractivity contribution < 1.29 is 4.79 Å². The van der Waals surface area contributed by atoms with Gasteiger partial charge in [0.1, 0.15) is 5.78 Å². The van der Waals surface area contributed by atoms with Crippen molar-refractivity contribution in [1.82, 2.24) is 9.55 Å². The van der Waals surface area contributed by atoms with Crippen LogP contribution in [0.1, 0.15) is 172 Å². The van der Waals surface area contributed by atoms with Crippen molar-refractivity contribution in [3.8, 4) is 0 Å². The molecule has 3 nitrogen and oxygen atoms in total. The van der Waals surface area contributed by atoms with Crippen molar-refractivity contribution in [1.29, 1.82) is 0 Å². The normalized spacial score (nSPS) is 13.0. The third-order valence-corrected chi connectivity index (χ3v) is 8.18. The van der Waals surface area contributed by atoms with Crippen molar-refractivity contribution in [2.75, 3.05) is 0 Å². The molecule has 0 aliphatic heterocycles. The van der Waals surface area contributed by atoms with Crippen LogP contribution in [0.3, 0.4) is 0 Å². The third kappa shape index (κ3) is 12.8. The number of carbonyl (C=O) groups excluding carboxylic acids is 1. The Balaban J connectivity index is 1.76. The molecule has 0 radical (unpaired) electrons. The second-order valence-corrected chi connectivity index (χ2v) is 11.5. The lowest BCUT2D eigenvalue weighted by Crippen LogP contribution is -2.14. The number of hydrogen-bond acceptors (Lipinski definition) is 2. The van der Waals surface area contributed by atoms with Crippen LogP contribution in [0.2, 0.25) is 0 Å². The predicted octanol–water partition coefficient (Wildman–Crippen LogP) is 11.0. The molecule has 214 valence electrons. The topological polar surface area (TPSA) is 34.9 Å². The Kier molecular flexibility index (Phi) is 17.8. The van der Waals surface area contributed by atoms with Gasteiger partial charge in [-0.05, 0) is 30.4 Å². The van der Waals surface area contributed by atoms with Crippen LogP contribution in [-0.2, 0) is 4.79 Å². The van der Waals surface area contributed by atoms with E-state index < -0.39 is 0 Å². The van der Waals surface area contributed by atoms with Gasteiger partial charge in [0.25, 0.3) is 0 Å². The molecule has 3 heteroatoms. The van der Waals surface area contributed by atoms with Gasteiger partial charge in [-0.2, -0.15) is 0 Å². The summed E-state index contributed by atoms with van der Waals surface area (Å²) in [6, 6.07) is 9.28. The lowest BCUT2D eigenvalue weighted by atomic mass is 9.86. The number of aromatic nitrogens is 2. The third-order valence-electron chi connectivity index (χ3n) is 8.18. The first-order valence-corrected chi connectivity index (χ1v) is 16.3. The van der Waals surface area contributed by atoms with E-state index in [1.807, 2.05) is 12.5 Å². The summed E-state index contributed by atoms with van der Waals surface area (Å²) in [6.07, 6.45) is 30.8. The smallest absolute Gasteiger partial charge is 0.140 e. The Morgan fingerprint density at radius 3 is 1.71 bits per heavy atom. The van der Waals surface area contributed by atoms with Crippen LogP contribution in [0.25, 0.3) is 0 Å². The minimum absolute atomic E-state index is 0.0609. The van der Waals surface area contributed by atoms with Crippen molar-refractivity contribution in [3.05, 3.63) is 54.1 Å². The molecular formula is C35H58N2O. The summed E-state index contributed by atoms with van der Waals surface area (Å²) in [5.41, 5.74) is 2.52. The predicted molar refractivity (Wildman–Crippen MR) is 164 cm³/mol. The molecule has 38 heavy (non-hydrogen) atoms. The molecule has 1 aromatic carbocycles. The number of rotatable bonds is 24. The zero-order chi connectivity index (χ0) is 27.3. The highest BCUT2D eigenvalue weighted by Gasteiger charge is 2.21. The largest absolute Gasteiger partial charge is 0.330 e. The summed E-state index contributed by atoms with van der Waals surface area (Å²) < 4.78 is 2.21. The first-order chi connectivity index (χ1) is 18.7. The van der Waals surface area contributed by atoms with Crippen LogP contribution in [0, 0.1) is 0 Å². The first kappa shape index (κ1) is 32.3. The second-order valence-electron chi connectivity index (χ2n) is 11.5. The van der Waals surface area contributed by atoms with Gasteiger partial charge in [-0.3, -0.25) is 4.79 Å². The fraction of sp³-hybridized carbons (Fsp3) is 0.714. The highest BCUT2D eigenvalue weighted by atomic mass is 16.1. The van der Waals surface area contributed by atoms with Crippen molar-refractivity contribution in [3.63, 3.8) is 0 Å². The molecule has 0 bridgehead atoms. The van der Waals surface area contributed by atoms with Gasteiger partial charge >= 0.3 is 0 Å². The number of carbonyl (C=O) groups is 1. The number of Topliss-reactive ketones (excluding diaryl/α,β-unsaturated/α-hetero) is 1. The molecule has 0 fully saturated rings. The van der Waals surface area contributed by atoms with E-state index in [1.54, 1.807) is 0 Å². The van der Waals surface area contributed by atoms with Gasteiger partial charge in [-0.25, -0.2) is 4.98 Å². The molecule has 0 saturated heterocycles. The molecule has 0 aliphatic carbocycles. The molecule has 1 aromatic heterocycles. The van der Waals surface area contributed by atoms with Crippen LogP contribution in [0.15, 0.2) is 43.0 Å². The second kappa shape index (κ2) is 21.0. The molecule has 2 aromatic rings. The number of imidazole rings is 1.